The minimum Gasteiger partial charge on any atom is -0.468 e. The van der Waals surface area contributed by atoms with Gasteiger partial charge < -0.3 is 15.0 Å². The van der Waals surface area contributed by atoms with Crippen molar-refractivity contribution in [2.75, 3.05) is 53.4 Å². The largest absolute Gasteiger partial charge is 0.468 e. The van der Waals surface area contributed by atoms with Gasteiger partial charge in [0.2, 0.25) is 0 Å². The lowest BCUT2D eigenvalue weighted by Crippen LogP contribution is -2.62. The molecule has 0 radical (unpaired) electrons. The number of hydrogen-bond donors (Lipinski definition) is 1. The van der Waals surface area contributed by atoms with Gasteiger partial charge in [0.05, 0.1) is 7.11 Å². The monoisotopic (exact) mass is 297 g/mol. The molecule has 1 aliphatic heterocycles. The van der Waals surface area contributed by atoms with Gasteiger partial charge in [0.1, 0.15) is 5.54 Å². The molecule has 1 saturated carbocycles. The van der Waals surface area contributed by atoms with Crippen LogP contribution in [0.5, 0.6) is 0 Å². The van der Waals surface area contributed by atoms with Crippen molar-refractivity contribution in [2.24, 2.45) is 11.8 Å². The molecule has 0 aromatic carbocycles. The first-order valence-corrected chi connectivity index (χ1v) is 8.24. The van der Waals surface area contributed by atoms with E-state index < -0.39 is 5.54 Å². The van der Waals surface area contributed by atoms with Gasteiger partial charge in [-0.05, 0) is 31.7 Å². The number of piperazine rings is 1. The zero-order valence-electron chi connectivity index (χ0n) is 14.0. The summed E-state index contributed by atoms with van der Waals surface area (Å²) in [6, 6.07) is 0. The maximum absolute atomic E-state index is 12.3. The van der Waals surface area contributed by atoms with Gasteiger partial charge >= 0.3 is 5.97 Å². The fourth-order valence-corrected chi connectivity index (χ4v) is 3.50. The highest BCUT2D eigenvalue weighted by Gasteiger charge is 2.51. The molecule has 21 heavy (non-hydrogen) atoms. The summed E-state index contributed by atoms with van der Waals surface area (Å²) in [6.45, 7) is 10.8. The Morgan fingerprint density at radius 2 is 1.81 bits per heavy atom. The third kappa shape index (κ3) is 3.96. The molecule has 0 aromatic rings. The quantitative estimate of drug-likeness (QED) is 0.704. The number of carbonyl (C=O) groups is 1. The van der Waals surface area contributed by atoms with Crippen LogP contribution in [0.4, 0.5) is 0 Å². The van der Waals surface area contributed by atoms with Crippen LogP contribution in [0.15, 0.2) is 0 Å². The Bertz CT molecular complexity index is 349. The number of methoxy groups -OCH3 is 1. The molecule has 5 nitrogen and oxygen atoms in total. The van der Waals surface area contributed by atoms with Crippen molar-refractivity contribution < 1.29 is 9.53 Å². The van der Waals surface area contributed by atoms with Gasteiger partial charge in [-0.2, -0.15) is 0 Å². The fourth-order valence-electron chi connectivity index (χ4n) is 3.50. The van der Waals surface area contributed by atoms with Gasteiger partial charge in [0, 0.05) is 39.3 Å². The van der Waals surface area contributed by atoms with Crippen molar-refractivity contribution in [3.05, 3.63) is 0 Å². The van der Waals surface area contributed by atoms with Gasteiger partial charge in [0.25, 0.3) is 0 Å². The number of carbonyl (C=O) groups excluding carboxylic acids is 1. The minimum atomic E-state index is -0.505. The van der Waals surface area contributed by atoms with E-state index in [2.05, 4.69) is 29.0 Å². The predicted molar refractivity (Wildman–Crippen MR) is 84.2 cm³/mol. The van der Waals surface area contributed by atoms with Crippen LogP contribution in [0.2, 0.25) is 0 Å². The van der Waals surface area contributed by atoms with E-state index in [4.69, 9.17) is 4.74 Å². The molecule has 2 aliphatic rings. The molecule has 0 bridgehead atoms. The van der Waals surface area contributed by atoms with Crippen LogP contribution >= 0.6 is 0 Å². The van der Waals surface area contributed by atoms with Gasteiger partial charge in [-0.15, -0.1) is 0 Å². The molecule has 0 amide bonds. The Morgan fingerprint density at radius 3 is 2.24 bits per heavy atom. The minimum absolute atomic E-state index is 0.0999. The van der Waals surface area contributed by atoms with Crippen molar-refractivity contribution >= 4 is 5.97 Å². The third-order valence-electron chi connectivity index (χ3n) is 4.83. The number of hydrogen-bond acceptors (Lipinski definition) is 5. The molecule has 1 heterocycles. The van der Waals surface area contributed by atoms with Gasteiger partial charge in [-0.25, -0.2) is 4.79 Å². The highest BCUT2D eigenvalue weighted by atomic mass is 16.5. The normalized spacial score (nSPS) is 24.0. The fraction of sp³-hybridized carbons (Fsp3) is 0.938. The molecule has 0 spiro atoms. The zero-order valence-corrected chi connectivity index (χ0v) is 14.0. The Hall–Kier alpha value is -0.650. The van der Waals surface area contributed by atoms with Crippen LogP contribution in [0.25, 0.3) is 0 Å². The van der Waals surface area contributed by atoms with Crippen molar-refractivity contribution in [1.82, 2.24) is 15.1 Å². The first kappa shape index (κ1) is 16.7. The Morgan fingerprint density at radius 1 is 1.24 bits per heavy atom. The molecule has 122 valence electrons. The van der Waals surface area contributed by atoms with E-state index in [1.807, 2.05) is 7.05 Å². The third-order valence-corrected chi connectivity index (χ3v) is 4.83. The van der Waals surface area contributed by atoms with E-state index in [0.717, 1.165) is 51.5 Å². The van der Waals surface area contributed by atoms with Crippen LogP contribution in [0.3, 0.4) is 0 Å². The first-order chi connectivity index (χ1) is 10.0. The SMILES string of the molecule is CNC(CN1CCN(CC(C)C)CC1)(C(=O)OC)C1CC1. The molecule has 2 fully saturated rings. The van der Waals surface area contributed by atoms with Crippen LogP contribution < -0.4 is 5.32 Å². The lowest BCUT2D eigenvalue weighted by atomic mass is 9.92. The zero-order chi connectivity index (χ0) is 15.5. The average Bonchev–Trinajstić information content (AvgIpc) is 3.30. The van der Waals surface area contributed by atoms with Gasteiger partial charge in [-0.3, -0.25) is 4.90 Å². The second kappa shape index (κ2) is 7.07. The summed E-state index contributed by atoms with van der Waals surface area (Å²) in [7, 11) is 3.39. The second-order valence-electron chi connectivity index (χ2n) is 6.96. The Labute approximate surface area is 129 Å². The summed E-state index contributed by atoms with van der Waals surface area (Å²) in [5, 5.41) is 3.29. The van der Waals surface area contributed by atoms with Gasteiger partial charge in [0.15, 0.2) is 0 Å². The first-order valence-electron chi connectivity index (χ1n) is 8.24. The summed E-state index contributed by atoms with van der Waals surface area (Å²) in [5.74, 6) is 1.05. The molecule has 1 saturated heterocycles. The highest BCUT2D eigenvalue weighted by Crippen LogP contribution is 2.40. The number of nitrogens with zero attached hydrogens (tertiary/aromatic N) is 2. The van der Waals surface area contributed by atoms with Crippen LogP contribution in [0, 0.1) is 11.8 Å². The Balaban J connectivity index is 1.92. The van der Waals surface area contributed by atoms with E-state index in [1.54, 1.807) is 0 Å². The molecule has 0 aromatic heterocycles. The van der Waals surface area contributed by atoms with E-state index in [0.29, 0.717) is 5.92 Å². The molecule has 1 unspecified atom stereocenters. The van der Waals surface area contributed by atoms with E-state index in [-0.39, 0.29) is 5.97 Å². The predicted octanol–water partition coefficient (Wildman–Crippen LogP) is 0.801. The molecular weight excluding hydrogens is 266 g/mol. The van der Waals surface area contributed by atoms with Crippen molar-refractivity contribution in [3.8, 4) is 0 Å². The summed E-state index contributed by atoms with van der Waals surface area (Å²) in [5.41, 5.74) is -0.505. The van der Waals surface area contributed by atoms with Crippen molar-refractivity contribution in [1.29, 1.82) is 0 Å². The summed E-state index contributed by atoms with van der Waals surface area (Å²) in [6.07, 6.45) is 2.26. The number of ether oxygens (including phenoxy) is 1. The number of esters is 1. The second-order valence-corrected chi connectivity index (χ2v) is 6.96. The van der Waals surface area contributed by atoms with Crippen LogP contribution in [-0.4, -0.2) is 74.7 Å². The maximum Gasteiger partial charge on any atom is 0.327 e. The van der Waals surface area contributed by atoms with Crippen LogP contribution in [-0.2, 0) is 9.53 Å². The van der Waals surface area contributed by atoms with E-state index in [1.165, 1.54) is 13.7 Å². The topological polar surface area (TPSA) is 44.8 Å². The maximum atomic E-state index is 12.3. The lowest BCUT2D eigenvalue weighted by Gasteiger charge is -2.41. The van der Waals surface area contributed by atoms with Crippen molar-refractivity contribution in [2.45, 2.75) is 32.2 Å². The number of rotatable bonds is 7. The van der Waals surface area contributed by atoms with Crippen molar-refractivity contribution in [3.63, 3.8) is 0 Å². The molecule has 2 rings (SSSR count). The molecule has 1 atom stereocenters. The molecule has 1 N–H and O–H groups in total. The van der Waals surface area contributed by atoms with E-state index >= 15 is 0 Å². The highest BCUT2D eigenvalue weighted by molar-refractivity contribution is 5.82. The number of likely N-dealkylation sites (N-methyl/N-ethyl adjacent to an activating group) is 1. The van der Waals surface area contributed by atoms with E-state index in [9.17, 15) is 4.79 Å². The molecular formula is C16H31N3O2. The molecule has 1 aliphatic carbocycles. The summed E-state index contributed by atoms with van der Waals surface area (Å²) >= 11 is 0. The standard InChI is InChI=1S/C16H31N3O2/c1-13(2)11-18-7-9-19(10-8-18)12-16(17-3,14-5-6-14)15(20)21-4/h13-14,17H,5-12H2,1-4H3. The summed E-state index contributed by atoms with van der Waals surface area (Å²) in [4.78, 5) is 17.3. The Kier molecular flexibility index (Phi) is 5.63. The molecule has 5 heteroatoms. The van der Waals surface area contributed by atoms with Crippen LogP contribution in [0.1, 0.15) is 26.7 Å². The van der Waals surface area contributed by atoms with Gasteiger partial charge in [-0.1, -0.05) is 13.8 Å². The lowest BCUT2D eigenvalue weighted by molar-refractivity contribution is -0.150. The smallest absolute Gasteiger partial charge is 0.327 e. The summed E-state index contributed by atoms with van der Waals surface area (Å²) < 4.78 is 5.08. The number of nitrogens with one attached hydrogen (secondary N) is 1. The average molecular weight is 297 g/mol.